The van der Waals surface area contributed by atoms with Crippen LogP contribution in [0, 0.1) is 0 Å². The van der Waals surface area contributed by atoms with Crippen LogP contribution in [-0.2, 0) is 0 Å². The van der Waals surface area contributed by atoms with Crippen LogP contribution in [0.4, 0.5) is 0 Å². The van der Waals surface area contributed by atoms with E-state index in [-0.39, 0.29) is 23.5 Å². The van der Waals surface area contributed by atoms with Crippen LogP contribution in [0.1, 0.15) is 60.1 Å². The van der Waals surface area contributed by atoms with Crippen molar-refractivity contribution in [1.29, 1.82) is 0 Å². The summed E-state index contributed by atoms with van der Waals surface area (Å²) in [6, 6.07) is 3.01. The maximum atomic E-state index is 12.4. The number of furan rings is 1. The molecule has 5 nitrogen and oxygen atoms in total. The minimum Gasteiger partial charge on any atom is -0.475 e. The van der Waals surface area contributed by atoms with Crippen molar-refractivity contribution in [2.45, 2.75) is 45.1 Å². The molecule has 0 radical (unpaired) electrons. The van der Waals surface area contributed by atoms with E-state index < -0.39 is 5.97 Å². The summed E-state index contributed by atoms with van der Waals surface area (Å²) in [4.78, 5) is 25.0. The first kappa shape index (κ1) is 13.6. The Kier molecular flexibility index (Phi) is 4.24. The molecule has 1 unspecified atom stereocenters. The molecule has 1 fully saturated rings. The van der Waals surface area contributed by atoms with Gasteiger partial charge in [-0.25, -0.2) is 4.79 Å². The highest BCUT2D eigenvalue weighted by Crippen LogP contribution is 2.22. The predicted molar refractivity (Wildman–Crippen MR) is 69.3 cm³/mol. The van der Waals surface area contributed by atoms with Gasteiger partial charge in [-0.2, -0.15) is 0 Å². The zero-order valence-electron chi connectivity index (χ0n) is 11.1. The Morgan fingerprint density at radius 1 is 1.32 bits per heavy atom. The molecule has 104 valence electrons. The number of aromatic carboxylic acids is 1. The Balaban J connectivity index is 2.17. The van der Waals surface area contributed by atoms with Crippen molar-refractivity contribution in [2.75, 3.05) is 6.54 Å². The van der Waals surface area contributed by atoms with Crippen molar-refractivity contribution in [1.82, 2.24) is 4.90 Å². The SMILES string of the molecule is CCC1CCCCCN1C(=O)c1ccc(C(=O)O)o1. The fourth-order valence-corrected chi connectivity index (χ4v) is 2.58. The van der Waals surface area contributed by atoms with E-state index in [4.69, 9.17) is 9.52 Å². The van der Waals surface area contributed by atoms with E-state index in [2.05, 4.69) is 6.92 Å². The summed E-state index contributed by atoms with van der Waals surface area (Å²) in [5.41, 5.74) is 0. The van der Waals surface area contributed by atoms with Crippen molar-refractivity contribution >= 4 is 11.9 Å². The highest BCUT2D eigenvalue weighted by molar-refractivity contribution is 5.93. The number of carbonyl (C=O) groups excluding carboxylic acids is 1. The number of nitrogens with zero attached hydrogens (tertiary/aromatic N) is 1. The number of hydrogen-bond donors (Lipinski definition) is 1. The maximum absolute atomic E-state index is 12.4. The molecule has 2 rings (SSSR count). The Hall–Kier alpha value is -1.78. The first-order valence-electron chi connectivity index (χ1n) is 6.77. The molecule has 0 aliphatic carbocycles. The lowest BCUT2D eigenvalue weighted by atomic mass is 10.1. The third kappa shape index (κ3) is 2.97. The van der Waals surface area contributed by atoms with E-state index in [1.54, 1.807) is 0 Å². The van der Waals surface area contributed by atoms with Gasteiger partial charge < -0.3 is 14.4 Å². The molecular weight excluding hydrogens is 246 g/mol. The Labute approximate surface area is 112 Å². The summed E-state index contributed by atoms with van der Waals surface area (Å²) < 4.78 is 5.10. The molecule has 19 heavy (non-hydrogen) atoms. The van der Waals surface area contributed by atoms with Crippen molar-refractivity contribution in [3.63, 3.8) is 0 Å². The fraction of sp³-hybridized carbons (Fsp3) is 0.571. The van der Waals surface area contributed by atoms with Gasteiger partial charge in [0, 0.05) is 12.6 Å². The number of carbonyl (C=O) groups is 2. The Morgan fingerprint density at radius 2 is 2.05 bits per heavy atom. The molecule has 1 amide bonds. The topological polar surface area (TPSA) is 70.8 Å². The van der Waals surface area contributed by atoms with Crippen LogP contribution in [0.5, 0.6) is 0 Å². The quantitative estimate of drug-likeness (QED) is 0.912. The molecular formula is C14H19NO4. The van der Waals surface area contributed by atoms with Crippen molar-refractivity contribution in [3.05, 3.63) is 23.7 Å². The van der Waals surface area contributed by atoms with Crippen molar-refractivity contribution in [3.8, 4) is 0 Å². The third-order valence-electron chi connectivity index (χ3n) is 3.64. The Morgan fingerprint density at radius 3 is 2.68 bits per heavy atom. The van der Waals surface area contributed by atoms with E-state index in [1.165, 1.54) is 12.1 Å². The average Bonchev–Trinajstić information content (AvgIpc) is 2.77. The summed E-state index contributed by atoms with van der Waals surface area (Å²) in [6.07, 6.45) is 5.20. The lowest BCUT2D eigenvalue weighted by Gasteiger charge is -2.28. The van der Waals surface area contributed by atoms with Crippen LogP contribution >= 0.6 is 0 Å². The van der Waals surface area contributed by atoms with E-state index in [1.807, 2.05) is 4.90 Å². The second-order valence-corrected chi connectivity index (χ2v) is 4.88. The molecule has 0 aromatic carbocycles. The van der Waals surface area contributed by atoms with Gasteiger partial charge in [-0.15, -0.1) is 0 Å². The van der Waals surface area contributed by atoms with E-state index >= 15 is 0 Å². The van der Waals surface area contributed by atoms with Gasteiger partial charge in [0.25, 0.3) is 5.91 Å². The van der Waals surface area contributed by atoms with Gasteiger partial charge in [0.2, 0.25) is 5.76 Å². The monoisotopic (exact) mass is 265 g/mol. The molecule has 1 aromatic rings. The zero-order chi connectivity index (χ0) is 13.8. The summed E-state index contributed by atoms with van der Waals surface area (Å²) in [5.74, 6) is -1.41. The van der Waals surface area contributed by atoms with Gasteiger partial charge in [-0.3, -0.25) is 4.79 Å². The number of carboxylic acids is 1. The lowest BCUT2D eigenvalue weighted by Crippen LogP contribution is -2.39. The Bertz CT molecular complexity index is 466. The molecule has 0 spiro atoms. The number of hydrogen-bond acceptors (Lipinski definition) is 3. The maximum Gasteiger partial charge on any atom is 0.371 e. The van der Waals surface area contributed by atoms with E-state index in [0.29, 0.717) is 0 Å². The fourth-order valence-electron chi connectivity index (χ4n) is 2.58. The normalized spacial score (nSPS) is 20.1. The molecule has 0 bridgehead atoms. The minimum atomic E-state index is -1.15. The first-order valence-corrected chi connectivity index (χ1v) is 6.77. The minimum absolute atomic E-state index is 0.123. The van der Waals surface area contributed by atoms with Gasteiger partial charge >= 0.3 is 5.97 Å². The standard InChI is InChI=1S/C14H19NO4/c1-2-10-6-4-3-5-9-15(10)13(16)11-7-8-12(19-11)14(17)18/h7-8,10H,2-6,9H2,1H3,(H,17,18). The molecule has 1 N–H and O–H groups in total. The number of rotatable bonds is 3. The molecule has 1 atom stereocenters. The third-order valence-corrected chi connectivity index (χ3v) is 3.64. The van der Waals surface area contributed by atoms with Crippen LogP contribution in [0.3, 0.4) is 0 Å². The molecule has 2 heterocycles. The summed E-state index contributed by atoms with van der Waals surface area (Å²) in [5, 5.41) is 8.81. The van der Waals surface area contributed by atoms with E-state index in [9.17, 15) is 9.59 Å². The van der Waals surface area contributed by atoms with Crippen molar-refractivity contribution in [2.24, 2.45) is 0 Å². The zero-order valence-corrected chi connectivity index (χ0v) is 11.1. The molecule has 1 aliphatic rings. The lowest BCUT2D eigenvalue weighted by molar-refractivity contribution is 0.0621. The van der Waals surface area contributed by atoms with E-state index in [0.717, 1.165) is 38.6 Å². The second kappa shape index (κ2) is 5.91. The van der Waals surface area contributed by atoms with Gasteiger partial charge in [0.1, 0.15) is 0 Å². The van der Waals surface area contributed by atoms with Gasteiger partial charge in [0.15, 0.2) is 5.76 Å². The van der Waals surface area contributed by atoms with Crippen LogP contribution in [-0.4, -0.2) is 34.5 Å². The highest BCUT2D eigenvalue weighted by atomic mass is 16.4. The molecule has 1 aromatic heterocycles. The summed E-state index contributed by atoms with van der Waals surface area (Å²) in [7, 11) is 0. The van der Waals surface area contributed by atoms with Crippen LogP contribution in [0.25, 0.3) is 0 Å². The number of carboxylic acid groups (broad SMARTS) is 1. The number of likely N-dealkylation sites (tertiary alicyclic amines) is 1. The van der Waals surface area contributed by atoms with Crippen LogP contribution in [0.15, 0.2) is 16.5 Å². The van der Waals surface area contributed by atoms with Crippen LogP contribution < -0.4 is 0 Å². The van der Waals surface area contributed by atoms with Gasteiger partial charge in [-0.1, -0.05) is 19.8 Å². The molecule has 5 heteroatoms. The summed E-state index contributed by atoms with van der Waals surface area (Å²) >= 11 is 0. The second-order valence-electron chi connectivity index (χ2n) is 4.88. The summed E-state index contributed by atoms with van der Waals surface area (Å²) in [6.45, 7) is 2.79. The highest BCUT2D eigenvalue weighted by Gasteiger charge is 2.27. The first-order chi connectivity index (χ1) is 9.13. The smallest absolute Gasteiger partial charge is 0.371 e. The molecule has 0 saturated carbocycles. The van der Waals surface area contributed by atoms with Gasteiger partial charge in [0.05, 0.1) is 0 Å². The predicted octanol–water partition coefficient (Wildman–Crippen LogP) is 2.77. The molecule has 1 saturated heterocycles. The van der Waals surface area contributed by atoms with Crippen LogP contribution in [0.2, 0.25) is 0 Å². The van der Waals surface area contributed by atoms with Crippen molar-refractivity contribution < 1.29 is 19.1 Å². The molecule has 1 aliphatic heterocycles. The largest absolute Gasteiger partial charge is 0.475 e. The average molecular weight is 265 g/mol. The number of amides is 1. The van der Waals surface area contributed by atoms with Gasteiger partial charge in [-0.05, 0) is 31.4 Å².